The number of nitrogens with zero attached hydrogens (tertiary/aromatic N) is 3. The third-order valence-electron chi connectivity index (χ3n) is 4.48. The average molecular weight is 378 g/mol. The second kappa shape index (κ2) is 7.55. The largest absolute Gasteiger partial charge is 0.616 e. The van der Waals surface area contributed by atoms with Gasteiger partial charge in [-0.25, -0.2) is 4.39 Å². The van der Waals surface area contributed by atoms with Crippen molar-refractivity contribution in [1.29, 1.82) is 0 Å². The van der Waals surface area contributed by atoms with Crippen molar-refractivity contribution in [3.63, 3.8) is 0 Å². The van der Waals surface area contributed by atoms with Gasteiger partial charge in [-0.3, -0.25) is 0 Å². The van der Waals surface area contributed by atoms with E-state index < -0.39 is 11.2 Å². The van der Waals surface area contributed by atoms with Crippen molar-refractivity contribution >= 4 is 28.4 Å². The van der Waals surface area contributed by atoms with Gasteiger partial charge in [0.1, 0.15) is 29.7 Å². The molecule has 1 N–H and O–H groups in total. The molecule has 2 aliphatic rings. The van der Waals surface area contributed by atoms with Crippen LogP contribution in [0.5, 0.6) is 0 Å². The fourth-order valence-electron chi connectivity index (χ4n) is 3.05. The molecule has 0 amide bonds. The molecule has 0 spiro atoms. The number of benzene rings is 1. The molecule has 9 heteroatoms. The van der Waals surface area contributed by atoms with Gasteiger partial charge in [0, 0.05) is 18.1 Å². The number of rotatable bonds is 5. The summed E-state index contributed by atoms with van der Waals surface area (Å²) in [6.07, 6.45) is 1.94. The minimum atomic E-state index is -0.781. The van der Waals surface area contributed by atoms with Gasteiger partial charge in [-0.2, -0.15) is 0 Å². The third-order valence-corrected chi connectivity index (χ3v) is 5.76. The molecule has 0 bridgehead atoms. The minimum absolute atomic E-state index is 0.137. The van der Waals surface area contributed by atoms with Crippen molar-refractivity contribution in [2.75, 3.05) is 41.4 Å². The van der Waals surface area contributed by atoms with E-state index in [4.69, 9.17) is 9.36 Å². The van der Waals surface area contributed by atoms with Crippen molar-refractivity contribution in [2.24, 2.45) is 5.16 Å². The lowest BCUT2D eigenvalue weighted by molar-refractivity contribution is 0.0948. The second-order valence-electron chi connectivity index (χ2n) is 6.24. The quantitative estimate of drug-likeness (QED) is 0.801. The van der Waals surface area contributed by atoms with Crippen molar-refractivity contribution in [2.45, 2.75) is 12.5 Å². The molecule has 1 aromatic carbocycles. The smallest absolute Gasteiger partial charge is 0.169 e. The molecule has 7 nitrogen and oxygen atoms in total. The van der Waals surface area contributed by atoms with Crippen LogP contribution in [0.15, 0.2) is 40.2 Å². The molecule has 4 rings (SSSR count). The standard InChI is InChI=1S/C17H19FN4O3S/c18-14-9-12(1-2-16(14)22-4-7-26(23)8-5-22)15-10-13(25-20-15)11-19-17-3-6-24-21-17/h1-3,6,9,13H,4-5,7-8,10-11H2,(H,19,21). The van der Waals surface area contributed by atoms with E-state index in [0.717, 1.165) is 11.3 Å². The summed E-state index contributed by atoms with van der Waals surface area (Å²) in [5.41, 5.74) is 1.99. The van der Waals surface area contributed by atoms with Gasteiger partial charge in [-0.1, -0.05) is 27.6 Å². The molecule has 0 aliphatic carbocycles. The van der Waals surface area contributed by atoms with E-state index in [-0.39, 0.29) is 11.9 Å². The molecule has 0 saturated carbocycles. The van der Waals surface area contributed by atoms with Gasteiger partial charge in [0.2, 0.25) is 0 Å². The Hall–Kier alpha value is -2.26. The van der Waals surface area contributed by atoms with Crippen molar-refractivity contribution < 1.29 is 18.3 Å². The van der Waals surface area contributed by atoms with Crippen LogP contribution in [0, 0.1) is 5.82 Å². The number of anilines is 2. The highest BCUT2D eigenvalue weighted by Gasteiger charge is 2.25. The normalized spacial score (nSPS) is 20.8. The van der Waals surface area contributed by atoms with Crippen LogP contribution in [0.4, 0.5) is 15.9 Å². The van der Waals surface area contributed by atoms with Gasteiger partial charge in [0.25, 0.3) is 0 Å². The van der Waals surface area contributed by atoms with E-state index in [1.54, 1.807) is 12.1 Å². The first-order chi connectivity index (χ1) is 12.7. The molecule has 1 unspecified atom stereocenters. The summed E-state index contributed by atoms with van der Waals surface area (Å²) in [6, 6.07) is 6.85. The van der Waals surface area contributed by atoms with Crippen molar-refractivity contribution in [3.8, 4) is 0 Å². The summed E-state index contributed by atoms with van der Waals surface area (Å²) in [5.74, 6) is 1.52. The molecule has 2 aromatic rings. The topological polar surface area (TPSA) is 86.0 Å². The maximum Gasteiger partial charge on any atom is 0.169 e. The highest BCUT2D eigenvalue weighted by molar-refractivity contribution is 7.91. The zero-order valence-corrected chi connectivity index (χ0v) is 14.9. The lowest BCUT2D eigenvalue weighted by atomic mass is 10.0. The zero-order chi connectivity index (χ0) is 17.9. The summed E-state index contributed by atoms with van der Waals surface area (Å²) in [4.78, 5) is 7.36. The summed E-state index contributed by atoms with van der Waals surface area (Å²) in [7, 11) is 0. The molecule has 1 fully saturated rings. The van der Waals surface area contributed by atoms with Gasteiger partial charge in [-0.15, -0.1) is 0 Å². The van der Waals surface area contributed by atoms with E-state index in [9.17, 15) is 8.94 Å². The summed E-state index contributed by atoms with van der Waals surface area (Å²) in [6.45, 7) is 1.76. The number of halogens is 1. The van der Waals surface area contributed by atoms with Gasteiger partial charge < -0.3 is 24.1 Å². The molecule has 26 heavy (non-hydrogen) atoms. The van der Waals surface area contributed by atoms with Crippen LogP contribution in [-0.4, -0.2) is 52.7 Å². The molecule has 1 saturated heterocycles. The molecule has 0 radical (unpaired) electrons. The van der Waals surface area contributed by atoms with Crippen LogP contribution in [0.3, 0.4) is 0 Å². The fourth-order valence-corrected chi connectivity index (χ4v) is 4.10. The third kappa shape index (κ3) is 3.78. The first-order valence-corrected chi connectivity index (χ1v) is 9.94. The molecule has 138 valence electrons. The minimum Gasteiger partial charge on any atom is -0.616 e. The monoisotopic (exact) mass is 378 g/mol. The van der Waals surface area contributed by atoms with E-state index >= 15 is 0 Å². The lowest BCUT2D eigenvalue weighted by Crippen LogP contribution is -2.40. The Morgan fingerprint density at radius 3 is 2.88 bits per heavy atom. The fraction of sp³-hybridized carbons (Fsp3) is 0.412. The predicted octanol–water partition coefficient (Wildman–Crippen LogP) is 1.99. The number of nitrogens with one attached hydrogen (secondary N) is 1. The van der Waals surface area contributed by atoms with E-state index in [1.807, 2.05) is 11.0 Å². The van der Waals surface area contributed by atoms with Crippen LogP contribution in [0.1, 0.15) is 12.0 Å². The zero-order valence-electron chi connectivity index (χ0n) is 14.1. The Labute approximate surface area is 153 Å². The Morgan fingerprint density at radius 1 is 1.31 bits per heavy atom. The van der Waals surface area contributed by atoms with E-state index in [0.29, 0.717) is 49.1 Å². The van der Waals surface area contributed by atoms with Crippen LogP contribution >= 0.6 is 0 Å². The number of hydrogen-bond donors (Lipinski definition) is 1. The molecule has 2 aliphatic heterocycles. The summed E-state index contributed by atoms with van der Waals surface area (Å²) >= 11 is -0.781. The molecular weight excluding hydrogens is 359 g/mol. The number of hydrogen-bond acceptors (Lipinski definition) is 7. The first kappa shape index (κ1) is 17.2. The molecule has 3 heterocycles. The Balaban J connectivity index is 1.37. The first-order valence-electron chi connectivity index (χ1n) is 8.46. The number of aromatic nitrogens is 1. The molecule has 1 aromatic heterocycles. The Bertz CT molecular complexity index is 778. The van der Waals surface area contributed by atoms with Crippen LogP contribution < -0.4 is 10.2 Å². The van der Waals surface area contributed by atoms with Crippen molar-refractivity contribution in [1.82, 2.24) is 5.16 Å². The van der Waals surface area contributed by atoms with Gasteiger partial charge in [0.15, 0.2) is 5.82 Å². The average Bonchev–Trinajstić information content (AvgIpc) is 3.33. The maximum atomic E-state index is 14.6. The van der Waals surface area contributed by atoms with Crippen LogP contribution in [-0.2, 0) is 16.0 Å². The van der Waals surface area contributed by atoms with Gasteiger partial charge in [-0.05, 0) is 12.1 Å². The highest BCUT2D eigenvalue weighted by atomic mass is 32.2. The maximum absolute atomic E-state index is 14.6. The van der Waals surface area contributed by atoms with Crippen LogP contribution in [0.25, 0.3) is 0 Å². The number of oxime groups is 1. The highest BCUT2D eigenvalue weighted by Crippen LogP contribution is 2.25. The van der Waals surface area contributed by atoms with Gasteiger partial charge in [0.05, 0.1) is 31.0 Å². The molecular formula is C17H19FN4O3S. The predicted molar refractivity (Wildman–Crippen MR) is 97.5 cm³/mol. The van der Waals surface area contributed by atoms with Crippen LogP contribution in [0.2, 0.25) is 0 Å². The molecule has 1 atom stereocenters. The lowest BCUT2D eigenvalue weighted by Gasteiger charge is -2.30. The summed E-state index contributed by atoms with van der Waals surface area (Å²) < 4.78 is 30.8. The summed E-state index contributed by atoms with van der Waals surface area (Å²) in [5, 5.41) is 11.0. The van der Waals surface area contributed by atoms with Gasteiger partial charge >= 0.3 is 0 Å². The van der Waals surface area contributed by atoms with E-state index in [2.05, 4.69) is 15.6 Å². The SMILES string of the molecule is [O-][S+]1CCN(c2ccc(C3=NOC(CNc4ccon4)C3)cc2F)CC1. The second-order valence-corrected chi connectivity index (χ2v) is 7.93. The Morgan fingerprint density at radius 2 is 2.15 bits per heavy atom. The van der Waals surface area contributed by atoms with Crippen molar-refractivity contribution in [3.05, 3.63) is 41.9 Å². The Kier molecular flexibility index (Phi) is 4.98. The van der Waals surface area contributed by atoms with E-state index in [1.165, 1.54) is 12.3 Å².